The number of halogens is 1. The van der Waals surface area contributed by atoms with Gasteiger partial charge in [0.25, 0.3) is 11.5 Å². The van der Waals surface area contributed by atoms with E-state index >= 15 is 0 Å². The van der Waals surface area contributed by atoms with Crippen molar-refractivity contribution in [2.45, 2.75) is 13.1 Å². The molecule has 3 aromatic rings. The highest BCUT2D eigenvalue weighted by Crippen LogP contribution is 2.32. The SMILES string of the molecule is O=C(NCc1ccc2c(c1)OCO2)c1c[nH]c(=O)n(Cc2ccccc2Cl)c1=O. The maximum absolute atomic E-state index is 12.7. The van der Waals surface area contributed by atoms with Crippen molar-refractivity contribution < 1.29 is 14.3 Å². The molecule has 2 N–H and O–H groups in total. The normalized spacial score (nSPS) is 12.0. The van der Waals surface area contributed by atoms with Gasteiger partial charge in [0, 0.05) is 17.8 Å². The monoisotopic (exact) mass is 413 g/mol. The summed E-state index contributed by atoms with van der Waals surface area (Å²) in [6.45, 7) is 0.295. The topological polar surface area (TPSA) is 102 Å². The fourth-order valence-electron chi connectivity index (χ4n) is 2.94. The predicted molar refractivity (Wildman–Crippen MR) is 106 cm³/mol. The van der Waals surface area contributed by atoms with Crippen LogP contribution in [0.3, 0.4) is 0 Å². The summed E-state index contributed by atoms with van der Waals surface area (Å²) in [6.07, 6.45) is 1.11. The second-order valence-corrected chi connectivity index (χ2v) is 6.77. The molecule has 0 unspecified atom stereocenters. The highest BCUT2D eigenvalue weighted by molar-refractivity contribution is 6.31. The van der Waals surface area contributed by atoms with Gasteiger partial charge in [-0.1, -0.05) is 35.9 Å². The number of benzene rings is 2. The van der Waals surface area contributed by atoms with Crippen LogP contribution in [0.15, 0.2) is 58.3 Å². The quantitative estimate of drug-likeness (QED) is 0.665. The Morgan fingerprint density at radius 3 is 2.76 bits per heavy atom. The van der Waals surface area contributed by atoms with Crippen LogP contribution in [0.1, 0.15) is 21.5 Å². The molecular formula is C20H16ClN3O5. The largest absolute Gasteiger partial charge is 0.454 e. The Morgan fingerprint density at radius 1 is 1.14 bits per heavy atom. The van der Waals surface area contributed by atoms with Crippen LogP contribution in [0.5, 0.6) is 11.5 Å². The molecule has 4 rings (SSSR count). The number of fused-ring (bicyclic) bond motifs is 1. The molecule has 1 amide bonds. The van der Waals surface area contributed by atoms with Crippen LogP contribution in [-0.2, 0) is 13.1 Å². The number of aromatic amines is 1. The van der Waals surface area contributed by atoms with E-state index in [0.717, 1.165) is 16.3 Å². The number of ether oxygens (including phenoxy) is 2. The van der Waals surface area contributed by atoms with Crippen LogP contribution >= 0.6 is 11.6 Å². The van der Waals surface area contributed by atoms with Gasteiger partial charge in [0.1, 0.15) is 5.56 Å². The second-order valence-electron chi connectivity index (χ2n) is 6.36. The van der Waals surface area contributed by atoms with Crippen molar-refractivity contribution >= 4 is 17.5 Å². The minimum Gasteiger partial charge on any atom is -0.454 e. The number of rotatable bonds is 5. The van der Waals surface area contributed by atoms with Crippen molar-refractivity contribution in [3.63, 3.8) is 0 Å². The first-order valence-corrected chi connectivity index (χ1v) is 9.13. The Hall–Kier alpha value is -3.52. The average molecular weight is 414 g/mol. The van der Waals surface area contributed by atoms with E-state index in [4.69, 9.17) is 21.1 Å². The lowest BCUT2D eigenvalue weighted by molar-refractivity contribution is 0.0948. The highest BCUT2D eigenvalue weighted by atomic mass is 35.5. The van der Waals surface area contributed by atoms with E-state index in [-0.39, 0.29) is 25.4 Å². The maximum Gasteiger partial charge on any atom is 0.328 e. The molecule has 1 aromatic heterocycles. The minimum absolute atomic E-state index is 0.0445. The smallest absolute Gasteiger partial charge is 0.328 e. The summed E-state index contributed by atoms with van der Waals surface area (Å²) in [7, 11) is 0. The summed E-state index contributed by atoms with van der Waals surface area (Å²) in [5.41, 5.74) is -0.111. The van der Waals surface area contributed by atoms with Gasteiger partial charge in [-0.15, -0.1) is 0 Å². The lowest BCUT2D eigenvalue weighted by Crippen LogP contribution is -2.40. The fourth-order valence-corrected chi connectivity index (χ4v) is 3.14. The molecule has 2 heterocycles. The molecule has 148 valence electrons. The van der Waals surface area contributed by atoms with Gasteiger partial charge in [0.15, 0.2) is 11.5 Å². The summed E-state index contributed by atoms with van der Waals surface area (Å²) in [5, 5.41) is 3.10. The molecule has 2 aromatic carbocycles. The van der Waals surface area contributed by atoms with Gasteiger partial charge in [-0.2, -0.15) is 0 Å². The molecule has 1 aliphatic rings. The van der Waals surface area contributed by atoms with Crippen molar-refractivity contribution in [1.29, 1.82) is 0 Å². The van der Waals surface area contributed by atoms with E-state index < -0.39 is 17.2 Å². The molecule has 0 saturated carbocycles. The number of H-pyrrole nitrogens is 1. The zero-order chi connectivity index (χ0) is 20.4. The molecule has 0 saturated heterocycles. The lowest BCUT2D eigenvalue weighted by Gasteiger charge is -2.09. The molecule has 8 nitrogen and oxygen atoms in total. The van der Waals surface area contributed by atoms with Crippen molar-refractivity contribution in [3.8, 4) is 11.5 Å². The van der Waals surface area contributed by atoms with Gasteiger partial charge in [-0.25, -0.2) is 4.79 Å². The van der Waals surface area contributed by atoms with E-state index in [1.165, 1.54) is 0 Å². The maximum atomic E-state index is 12.7. The van der Waals surface area contributed by atoms with E-state index in [9.17, 15) is 14.4 Å². The molecule has 0 aliphatic carbocycles. The third-order valence-corrected chi connectivity index (χ3v) is 4.85. The van der Waals surface area contributed by atoms with Gasteiger partial charge in [0.05, 0.1) is 6.54 Å². The number of hydrogen-bond acceptors (Lipinski definition) is 5. The Morgan fingerprint density at radius 2 is 1.93 bits per heavy atom. The lowest BCUT2D eigenvalue weighted by atomic mass is 10.2. The van der Waals surface area contributed by atoms with Gasteiger partial charge >= 0.3 is 5.69 Å². The number of carbonyl (C=O) groups excluding carboxylic acids is 1. The van der Waals surface area contributed by atoms with Gasteiger partial charge in [0.2, 0.25) is 6.79 Å². The third kappa shape index (κ3) is 3.88. The van der Waals surface area contributed by atoms with Crippen LogP contribution in [0, 0.1) is 0 Å². The van der Waals surface area contributed by atoms with Crippen LogP contribution in [0.2, 0.25) is 5.02 Å². The van der Waals surface area contributed by atoms with Crippen molar-refractivity contribution in [2.75, 3.05) is 6.79 Å². The fraction of sp³-hybridized carbons (Fsp3) is 0.150. The second kappa shape index (κ2) is 7.84. The predicted octanol–water partition coefficient (Wildman–Crippen LogP) is 1.90. The molecule has 9 heteroatoms. The number of nitrogens with zero attached hydrogens (tertiary/aromatic N) is 1. The molecule has 0 bridgehead atoms. The first-order valence-electron chi connectivity index (χ1n) is 8.75. The zero-order valence-corrected chi connectivity index (χ0v) is 15.9. The summed E-state index contributed by atoms with van der Waals surface area (Å²) < 4.78 is 11.5. The van der Waals surface area contributed by atoms with Crippen LogP contribution < -0.4 is 26.0 Å². The van der Waals surface area contributed by atoms with Crippen LogP contribution in [0.4, 0.5) is 0 Å². The minimum atomic E-state index is -0.697. The molecular weight excluding hydrogens is 398 g/mol. The number of carbonyl (C=O) groups is 1. The number of hydrogen-bond donors (Lipinski definition) is 2. The zero-order valence-electron chi connectivity index (χ0n) is 15.1. The van der Waals surface area contributed by atoms with Crippen molar-refractivity contribution in [1.82, 2.24) is 14.9 Å². The molecule has 0 atom stereocenters. The number of nitrogens with one attached hydrogen (secondary N) is 2. The van der Waals surface area contributed by atoms with E-state index in [1.54, 1.807) is 42.5 Å². The summed E-state index contributed by atoms with van der Waals surface area (Å²) in [5.74, 6) is 0.642. The Balaban J connectivity index is 1.54. The average Bonchev–Trinajstić information content (AvgIpc) is 3.18. The first-order chi connectivity index (χ1) is 14.0. The Bertz CT molecular complexity index is 1200. The standard InChI is InChI=1S/C20H16ClN3O5/c21-15-4-2-1-3-13(15)10-24-19(26)14(9-23-20(24)27)18(25)22-8-12-5-6-16-17(7-12)29-11-28-16/h1-7,9H,8,10-11H2,(H,22,25)(H,23,27). The van der Waals surface area contributed by atoms with Crippen LogP contribution in [0.25, 0.3) is 0 Å². The Kier molecular flexibility index (Phi) is 5.09. The van der Waals surface area contributed by atoms with Gasteiger partial charge in [-0.05, 0) is 29.3 Å². The summed E-state index contributed by atoms with van der Waals surface area (Å²) in [4.78, 5) is 39.8. The molecule has 0 radical (unpaired) electrons. The van der Waals surface area contributed by atoms with E-state index in [1.807, 2.05) is 0 Å². The van der Waals surface area contributed by atoms with Gasteiger partial charge < -0.3 is 19.8 Å². The number of amides is 1. The van der Waals surface area contributed by atoms with Crippen molar-refractivity contribution in [3.05, 3.63) is 91.2 Å². The molecule has 0 spiro atoms. The Labute approximate surface area is 169 Å². The van der Waals surface area contributed by atoms with Gasteiger partial charge in [-0.3, -0.25) is 14.2 Å². The number of aromatic nitrogens is 2. The molecule has 1 aliphatic heterocycles. The summed E-state index contributed by atoms with van der Waals surface area (Å²) >= 11 is 6.11. The van der Waals surface area contributed by atoms with E-state index in [2.05, 4.69) is 10.3 Å². The van der Waals surface area contributed by atoms with E-state index in [0.29, 0.717) is 22.1 Å². The van der Waals surface area contributed by atoms with Crippen LogP contribution in [-0.4, -0.2) is 22.3 Å². The molecule has 29 heavy (non-hydrogen) atoms. The molecule has 0 fully saturated rings. The highest BCUT2D eigenvalue weighted by Gasteiger charge is 2.17. The third-order valence-electron chi connectivity index (χ3n) is 4.48. The summed E-state index contributed by atoms with van der Waals surface area (Å²) in [6, 6.07) is 12.2. The van der Waals surface area contributed by atoms with Crippen molar-refractivity contribution in [2.24, 2.45) is 0 Å². The first kappa shape index (κ1) is 18.8.